The summed E-state index contributed by atoms with van der Waals surface area (Å²) in [7, 11) is -3.53. The van der Waals surface area contributed by atoms with Crippen LogP contribution in [-0.2, 0) is 10.0 Å². The van der Waals surface area contributed by atoms with Crippen LogP contribution in [0.2, 0.25) is 0 Å². The topological polar surface area (TPSA) is 91.3 Å². The molecule has 1 saturated heterocycles. The molecule has 1 aromatic carbocycles. The summed E-state index contributed by atoms with van der Waals surface area (Å²) in [6.45, 7) is 7.65. The Labute approximate surface area is 183 Å². The molecule has 1 aliphatic rings. The van der Waals surface area contributed by atoms with Crippen LogP contribution in [0.1, 0.15) is 16.7 Å². The lowest BCUT2D eigenvalue weighted by molar-refractivity contribution is 0.383. The van der Waals surface area contributed by atoms with E-state index in [9.17, 15) is 8.42 Å². The van der Waals surface area contributed by atoms with E-state index in [1.54, 1.807) is 16.7 Å². The van der Waals surface area contributed by atoms with Gasteiger partial charge in [-0.05, 0) is 56.2 Å². The number of benzene rings is 1. The smallest absolute Gasteiger partial charge is 0.243 e. The molecule has 1 N–H and O–H groups in total. The number of hydrogen-bond acceptors (Lipinski definition) is 7. The van der Waals surface area contributed by atoms with E-state index in [1.807, 2.05) is 57.2 Å². The Hall–Kier alpha value is -3.04. The molecule has 162 valence electrons. The first-order chi connectivity index (χ1) is 14.8. The first-order valence-corrected chi connectivity index (χ1v) is 11.6. The number of anilines is 3. The summed E-state index contributed by atoms with van der Waals surface area (Å²) < 4.78 is 28.1. The van der Waals surface area contributed by atoms with Gasteiger partial charge in [-0.25, -0.2) is 8.42 Å². The fraction of sp³-hybridized carbons (Fsp3) is 0.318. The van der Waals surface area contributed by atoms with Crippen molar-refractivity contribution in [3.05, 3.63) is 65.5 Å². The molecule has 3 heterocycles. The molecule has 0 unspecified atom stereocenters. The minimum atomic E-state index is -3.53. The number of piperazine rings is 1. The van der Waals surface area contributed by atoms with Crippen molar-refractivity contribution in [3.8, 4) is 0 Å². The van der Waals surface area contributed by atoms with Crippen LogP contribution in [0.25, 0.3) is 0 Å². The fourth-order valence-corrected chi connectivity index (χ4v) is 5.84. The predicted octanol–water partition coefficient (Wildman–Crippen LogP) is 3.05. The molecule has 3 aromatic rings. The first kappa shape index (κ1) is 21.2. The van der Waals surface area contributed by atoms with E-state index in [0.29, 0.717) is 36.9 Å². The standard InChI is InChI=1S/C22H26N6O2S/c1-16-13-17(2)22(18(3)14-16)31(29,30)28-11-9-27(10-12-28)21-7-6-20(25-26-21)24-19-5-4-8-23-15-19/h4-8,13-15H,9-12H2,1-3H3,(H,24,25). The zero-order chi connectivity index (χ0) is 22.0. The number of aryl methyl sites for hydroxylation is 3. The van der Waals surface area contributed by atoms with Crippen LogP contribution >= 0.6 is 0 Å². The van der Waals surface area contributed by atoms with Gasteiger partial charge in [-0.2, -0.15) is 4.31 Å². The summed E-state index contributed by atoms with van der Waals surface area (Å²) in [4.78, 5) is 6.55. The lowest BCUT2D eigenvalue weighted by atomic mass is 10.1. The van der Waals surface area contributed by atoms with Gasteiger partial charge in [0, 0.05) is 32.4 Å². The predicted molar refractivity (Wildman–Crippen MR) is 121 cm³/mol. The van der Waals surface area contributed by atoms with Crippen molar-refractivity contribution < 1.29 is 8.42 Å². The Kier molecular flexibility index (Phi) is 5.88. The van der Waals surface area contributed by atoms with Crippen LogP contribution in [0.5, 0.6) is 0 Å². The monoisotopic (exact) mass is 438 g/mol. The van der Waals surface area contributed by atoms with E-state index < -0.39 is 10.0 Å². The van der Waals surface area contributed by atoms with E-state index in [4.69, 9.17) is 0 Å². The molecule has 0 spiro atoms. The summed E-state index contributed by atoms with van der Waals surface area (Å²) in [5.74, 6) is 1.36. The highest BCUT2D eigenvalue weighted by molar-refractivity contribution is 7.89. The van der Waals surface area contributed by atoms with Gasteiger partial charge in [0.05, 0.1) is 16.8 Å². The highest BCUT2D eigenvalue weighted by atomic mass is 32.2. The zero-order valence-corrected chi connectivity index (χ0v) is 18.7. The highest BCUT2D eigenvalue weighted by Gasteiger charge is 2.31. The first-order valence-electron chi connectivity index (χ1n) is 10.2. The van der Waals surface area contributed by atoms with Crippen molar-refractivity contribution in [3.63, 3.8) is 0 Å². The molecule has 0 saturated carbocycles. The number of sulfonamides is 1. The largest absolute Gasteiger partial charge is 0.352 e. The van der Waals surface area contributed by atoms with E-state index in [0.717, 1.165) is 28.2 Å². The highest BCUT2D eigenvalue weighted by Crippen LogP contribution is 2.27. The molecule has 4 rings (SSSR count). The van der Waals surface area contributed by atoms with Crippen LogP contribution in [0, 0.1) is 20.8 Å². The molecule has 8 nitrogen and oxygen atoms in total. The maximum atomic E-state index is 13.3. The molecule has 1 aliphatic heterocycles. The summed E-state index contributed by atoms with van der Waals surface area (Å²) >= 11 is 0. The van der Waals surface area contributed by atoms with Gasteiger partial charge in [0.1, 0.15) is 0 Å². The summed E-state index contributed by atoms with van der Waals surface area (Å²) in [6, 6.07) is 11.3. The molecular weight excluding hydrogens is 412 g/mol. The van der Waals surface area contributed by atoms with E-state index >= 15 is 0 Å². The van der Waals surface area contributed by atoms with Crippen LogP contribution < -0.4 is 10.2 Å². The Bertz CT molecular complexity index is 1140. The molecule has 0 radical (unpaired) electrons. The Balaban J connectivity index is 1.43. The van der Waals surface area contributed by atoms with Crippen molar-refractivity contribution in [2.75, 3.05) is 36.4 Å². The van der Waals surface area contributed by atoms with Gasteiger partial charge in [0.2, 0.25) is 10.0 Å². The Morgan fingerprint density at radius 3 is 2.23 bits per heavy atom. The van der Waals surface area contributed by atoms with Gasteiger partial charge in [-0.1, -0.05) is 17.7 Å². The van der Waals surface area contributed by atoms with Crippen LogP contribution in [0.3, 0.4) is 0 Å². The second-order valence-corrected chi connectivity index (χ2v) is 9.64. The molecule has 9 heteroatoms. The van der Waals surface area contributed by atoms with Crippen molar-refractivity contribution >= 4 is 27.3 Å². The van der Waals surface area contributed by atoms with Gasteiger partial charge in [0.15, 0.2) is 11.6 Å². The quantitative estimate of drug-likeness (QED) is 0.655. The Morgan fingerprint density at radius 1 is 0.935 bits per heavy atom. The minimum Gasteiger partial charge on any atom is -0.352 e. The van der Waals surface area contributed by atoms with E-state index in [1.165, 1.54) is 0 Å². The second-order valence-electron chi connectivity index (χ2n) is 7.76. The second kappa shape index (κ2) is 8.60. The third kappa shape index (κ3) is 4.52. The summed E-state index contributed by atoms with van der Waals surface area (Å²) in [6.07, 6.45) is 3.42. The van der Waals surface area contributed by atoms with Crippen LogP contribution in [0.4, 0.5) is 17.3 Å². The molecule has 0 amide bonds. The molecule has 0 aliphatic carbocycles. The molecular formula is C22H26N6O2S. The van der Waals surface area contributed by atoms with Gasteiger partial charge < -0.3 is 10.2 Å². The third-order valence-electron chi connectivity index (χ3n) is 5.35. The summed E-state index contributed by atoms with van der Waals surface area (Å²) in [5, 5.41) is 11.7. The lowest BCUT2D eigenvalue weighted by Gasteiger charge is -2.35. The van der Waals surface area contributed by atoms with E-state index in [2.05, 4.69) is 25.4 Å². The van der Waals surface area contributed by atoms with Gasteiger partial charge in [-0.3, -0.25) is 4.98 Å². The molecule has 0 atom stereocenters. The van der Waals surface area contributed by atoms with Crippen molar-refractivity contribution in [1.82, 2.24) is 19.5 Å². The third-order valence-corrected chi connectivity index (χ3v) is 7.55. The maximum absolute atomic E-state index is 13.3. The molecule has 0 bridgehead atoms. The number of pyridine rings is 1. The van der Waals surface area contributed by atoms with Crippen molar-refractivity contribution in [2.24, 2.45) is 0 Å². The Morgan fingerprint density at radius 2 is 1.65 bits per heavy atom. The number of nitrogens with zero attached hydrogens (tertiary/aromatic N) is 5. The van der Waals surface area contributed by atoms with Crippen LogP contribution in [0.15, 0.2) is 53.7 Å². The number of hydrogen-bond donors (Lipinski definition) is 1. The normalized spacial score (nSPS) is 15.1. The minimum absolute atomic E-state index is 0.409. The van der Waals surface area contributed by atoms with Gasteiger partial charge >= 0.3 is 0 Å². The maximum Gasteiger partial charge on any atom is 0.243 e. The number of nitrogens with one attached hydrogen (secondary N) is 1. The molecule has 31 heavy (non-hydrogen) atoms. The average Bonchev–Trinajstić information content (AvgIpc) is 2.74. The fourth-order valence-electron chi connectivity index (χ4n) is 4.01. The average molecular weight is 439 g/mol. The van der Waals surface area contributed by atoms with Gasteiger partial charge in [0.25, 0.3) is 0 Å². The lowest BCUT2D eigenvalue weighted by Crippen LogP contribution is -2.49. The van der Waals surface area contributed by atoms with Crippen LogP contribution in [-0.4, -0.2) is 54.1 Å². The van der Waals surface area contributed by atoms with Gasteiger partial charge in [-0.15, -0.1) is 10.2 Å². The number of aromatic nitrogens is 3. The summed E-state index contributed by atoms with van der Waals surface area (Å²) in [5.41, 5.74) is 3.49. The molecule has 2 aromatic heterocycles. The zero-order valence-electron chi connectivity index (χ0n) is 17.9. The van der Waals surface area contributed by atoms with Crippen molar-refractivity contribution in [1.29, 1.82) is 0 Å². The van der Waals surface area contributed by atoms with E-state index in [-0.39, 0.29) is 0 Å². The number of rotatable bonds is 5. The SMILES string of the molecule is Cc1cc(C)c(S(=O)(=O)N2CCN(c3ccc(Nc4cccnc4)nn3)CC2)c(C)c1. The molecule has 1 fully saturated rings. The van der Waals surface area contributed by atoms with Crippen molar-refractivity contribution in [2.45, 2.75) is 25.7 Å².